The normalized spacial score (nSPS) is 32.9. The van der Waals surface area contributed by atoms with Gasteiger partial charge in [0.25, 0.3) is 0 Å². The van der Waals surface area contributed by atoms with Gasteiger partial charge < -0.3 is 69.0 Å². The van der Waals surface area contributed by atoms with E-state index in [2.05, 4.69) is 0 Å². The minimum atomic E-state index is -1.87. The van der Waals surface area contributed by atoms with E-state index in [9.17, 15) is 45.6 Å². The third-order valence-electron chi connectivity index (χ3n) is 7.49. The van der Waals surface area contributed by atoms with E-state index in [4.69, 9.17) is 28.1 Å². The molecule has 1 aromatic heterocycles. The van der Waals surface area contributed by atoms with Crippen molar-refractivity contribution in [1.82, 2.24) is 0 Å². The van der Waals surface area contributed by atoms with Crippen LogP contribution in [0.15, 0.2) is 39.5 Å². The van der Waals surface area contributed by atoms with Gasteiger partial charge in [0, 0.05) is 17.7 Å². The summed E-state index contributed by atoms with van der Waals surface area (Å²) in [4.78, 5) is 13.7. The van der Waals surface area contributed by atoms with Gasteiger partial charge >= 0.3 is 0 Å². The lowest BCUT2D eigenvalue weighted by atomic mass is 9.97. The molecule has 2 fully saturated rings. The fraction of sp³-hybridized carbons (Fsp3) is 0.464. The van der Waals surface area contributed by atoms with E-state index >= 15 is 0 Å². The molecular formula is C28H32O15. The van der Waals surface area contributed by atoms with Gasteiger partial charge in [-0.3, -0.25) is 4.79 Å². The predicted octanol–water partition coefficient (Wildman–Crippen LogP) is -0.356. The molecule has 43 heavy (non-hydrogen) atoms. The Hall–Kier alpha value is -3.67. The monoisotopic (exact) mass is 608 g/mol. The highest BCUT2D eigenvalue weighted by atomic mass is 16.7. The molecule has 0 amide bonds. The van der Waals surface area contributed by atoms with Crippen LogP contribution in [-0.2, 0) is 14.2 Å². The molecule has 15 nitrogen and oxygen atoms in total. The van der Waals surface area contributed by atoms with Crippen LogP contribution >= 0.6 is 0 Å². The van der Waals surface area contributed by atoms with Crippen molar-refractivity contribution in [3.05, 3.63) is 40.6 Å². The number of benzene rings is 2. The molecule has 0 bridgehead atoms. The summed E-state index contributed by atoms with van der Waals surface area (Å²) in [7, 11) is 1.34. The molecule has 0 aliphatic carbocycles. The molecule has 5 rings (SSSR count). The topological polar surface area (TPSA) is 238 Å². The molecule has 2 saturated heterocycles. The Kier molecular flexibility index (Phi) is 8.43. The van der Waals surface area contributed by atoms with Gasteiger partial charge in [-0.15, -0.1) is 0 Å². The van der Waals surface area contributed by atoms with Crippen molar-refractivity contribution in [3.63, 3.8) is 0 Å². The van der Waals surface area contributed by atoms with E-state index < -0.39 is 89.8 Å². The Morgan fingerprint density at radius 1 is 0.744 bits per heavy atom. The summed E-state index contributed by atoms with van der Waals surface area (Å²) in [5, 5.41) is 82.4. The molecule has 0 spiro atoms. The van der Waals surface area contributed by atoms with E-state index in [0.29, 0.717) is 0 Å². The highest BCUT2D eigenvalue weighted by Crippen LogP contribution is 2.40. The standard InChI is InChI=1S/C28H32O15/c1-9-18(32)20(34)22(36)27(39-9)42-24-10(2)40-28(23(37)21(24)35)43-26-19(33)17-15(31)7-12(38-3)8-16(17)41-25(26)11-4-5-13(29)14(30)6-11/h4-10,18,20-24,27-32,34-37H,1-3H3/t9-,10+,18-,20+,21-,22+,23+,24-,27-,28-/m0/s1. The quantitative estimate of drug-likeness (QED) is 0.167. The molecule has 8 N–H and O–H groups in total. The van der Waals surface area contributed by atoms with Crippen molar-refractivity contribution in [3.8, 4) is 40.1 Å². The van der Waals surface area contributed by atoms with Crippen molar-refractivity contribution in [1.29, 1.82) is 0 Å². The van der Waals surface area contributed by atoms with Crippen LogP contribution in [0.25, 0.3) is 22.3 Å². The van der Waals surface area contributed by atoms with Crippen molar-refractivity contribution in [2.75, 3.05) is 7.11 Å². The van der Waals surface area contributed by atoms with Gasteiger partial charge in [0.1, 0.15) is 59.1 Å². The Bertz CT molecular complexity index is 1540. The van der Waals surface area contributed by atoms with Crippen molar-refractivity contribution < 1.29 is 69.0 Å². The number of phenolic OH excluding ortho intramolecular Hbond substituents is 3. The molecule has 10 atom stereocenters. The van der Waals surface area contributed by atoms with Gasteiger partial charge in [0.15, 0.2) is 23.5 Å². The first-order valence-corrected chi connectivity index (χ1v) is 13.3. The number of fused-ring (bicyclic) bond motifs is 1. The zero-order valence-electron chi connectivity index (χ0n) is 23.1. The number of ether oxygens (including phenoxy) is 5. The second-order valence-corrected chi connectivity index (χ2v) is 10.4. The molecule has 3 heterocycles. The minimum Gasteiger partial charge on any atom is -0.507 e. The van der Waals surface area contributed by atoms with Crippen LogP contribution in [-0.4, -0.2) is 109 Å². The summed E-state index contributed by atoms with van der Waals surface area (Å²) < 4.78 is 33.6. The molecule has 3 aromatic rings. The first-order valence-electron chi connectivity index (χ1n) is 13.3. The SMILES string of the molecule is COc1cc(O)c2c(=O)c(O[C@@H]3O[C@H](C)[C@H](O[C@@H]4O[C@@H](C)[C@H](O)[C@@H](O)[C@H]4O)[C@@H](O)[C@H]3O)c(-c3ccc(O)c(O)c3)oc2c1. The summed E-state index contributed by atoms with van der Waals surface area (Å²) in [6.07, 6.45) is -14.8. The molecule has 234 valence electrons. The third kappa shape index (κ3) is 5.57. The van der Waals surface area contributed by atoms with Crippen molar-refractivity contribution in [2.45, 2.75) is 75.3 Å². The summed E-state index contributed by atoms with van der Waals surface area (Å²) in [6, 6.07) is 6.05. The van der Waals surface area contributed by atoms with Crippen molar-refractivity contribution >= 4 is 11.0 Å². The number of aliphatic hydroxyl groups is 5. The van der Waals surface area contributed by atoms with E-state index in [1.165, 1.54) is 39.2 Å². The van der Waals surface area contributed by atoms with Crippen LogP contribution in [0.1, 0.15) is 13.8 Å². The van der Waals surface area contributed by atoms with Gasteiger partial charge in [0.2, 0.25) is 17.5 Å². The average Bonchev–Trinajstić information content (AvgIpc) is 2.97. The average molecular weight is 609 g/mol. The van der Waals surface area contributed by atoms with E-state index in [1.54, 1.807) is 0 Å². The lowest BCUT2D eigenvalue weighted by molar-refractivity contribution is -0.345. The highest BCUT2D eigenvalue weighted by molar-refractivity contribution is 5.88. The number of phenols is 3. The van der Waals surface area contributed by atoms with Crippen LogP contribution in [0.5, 0.6) is 28.7 Å². The van der Waals surface area contributed by atoms with Crippen LogP contribution < -0.4 is 14.9 Å². The molecule has 0 unspecified atom stereocenters. The second-order valence-electron chi connectivity index (χ2n) is 10.4. The van der Waals surface area contributed by atoms with Gasteiger partial charge in [-0.05, 0) is 32.0 Å². The fourth-order valence-corrected chi connectivity index (χ4v) is 5.03. The maximum absolute atomic E-state index is 13.7. The Morgan fingerprint density at radius 2 is 1.42 bits per heavy atom. The van der Waals surface area contributed by atoms with E-state index in [0.717, 1.165) is 12.1 Å². The fourth-order valence-electron chi connectivity index (χ4n) is 5.03. The Morgan fingerprint density at radius 3 is 2.09 bits per heavy atom. The van der Waals surface area contributed by atoms with E-state index in [1.807, 2.05) is 0 Å². The zero-order valence-corrected chi connectivity index (χ0v) is 23.1. The third-order valence-corrected chi connectivity index (χ3v) is 7.49. The summed E-state index contributed by atoms with van der Waals surface area (Å²) >= 11 is 0. The van der Waals surface area contributed by atoms with Crippen LogP contribution in [0.4, 0.5) is 0 Å². The molecule has 2 aromatic carbocycles. The molecule has 0 radical (unpaired) electrons. The lowest BCUT2D eigenvalue weighted by Gasteiger charge is -2.45. The van der Waals surface area contributed by atoms with Crippen LogP contribution in [0, 0.1) is 0 Å². The Labute approximate surface area is 243 Å². The number of rotatable bonds is 6. The second kappa shape index (κ2) is 11.8. The van der Waals surface area contributed by atoms with Crippen LogP contribution in [0.2, 0.25) is 0 Å². The predicted molar refractivity (Wildman–Crippen MR) is 144 cm³/mol. The van der Waals surface area contributed by atoms with Crippen LogP contribution in [0.3, 0.4) is 0 Å². The number of methoxy groups -OCH3 is 1. The summed E-state index contributed by atoms with van der Waals surface area (Å²) in [6.45, 7) is 2.89. The number of aromatic hydroxyl groups is 3. The van der Waals surface area contributed by atoms with E-state index in [-0.39, 0.29) is 28.0 Å². The van der Waals surface area contributed by atoms with Gasteiger partial charge in [-0.2, -0.15) is 0 Å². The number of hydrogen-bond donors (Lipinski definition) is 8. The van der Waals surface area contributed by atoms with Crippen molar-refractivity contribution in [2.24, 2.45) is 0 Å². The maximum Gasteiger partial charge on any atom is 0.239 e. The van der Waals surface area contributed by atoms with Gasteiger partial charge in [-0.1, -0.05) is 0 Å². The number of hydrogen-bond acceptors (Lipinski definition) is 15. The molecule has 0 saturated carbocycles. The Balaban J connectivity index is 1.49. The first kappa shape index (κ1) is 30.8. The molecule has 15 heteroatoms. The minimum absolute atomic E-state index is 0.0602. The molecule has 2 aliphatic heterocycles. The van der Waals surface area contributed by atoms with Gasteiger partial charge in [-0.25, -0.2) is 0 Å². The summed E-state index contributed by atoms with van der Waals surface area (Å²) in [5.41, 5.74) is -0.957. The zero-order chi connectivity index (χ0) is 31.3. The lowest BCUT2D eigenvalue weighted by Crippen LogP contribution is -2.63. The largest absolute Gasteiger partial charge is 0.507 e. The number of aliphatic hydroxyl groups excluding tert-OH is 5. The summed E-state index contributed by atoms with van der Waals surface area (Å²) in [5.74, 6) is -2.19. The maximum atomic E-state index is 13.7. The molecule has 2 aliphatic rings. The van der Waals surface area contributed by atoms with Gasteiger partial charge in [0.05, 0.1) is 19.3 Å². The highest BCUT2D eigenvalue weighted by Gasteiger charge is 2.50. The smallest absolute Gasteiger partial charge is 0.239 e. The molecular weight excluding hydrogens is 576 g/mol. The first-order chi connectivity index (χ1) is 20.3.